The standard InChI is InChI=1S/C22H23FN2O4/c1-2-29-22(28)17-10-13-24(14-11-17)21(27)19(25-12-4-3-5-20(25)26)15-16-6-8-18(23)9-7-16/h3-9,12,15,17H,2,10-11,13-14H2,1H3. The number of pyridine rings is 1. The first-order valence-electron chi connectivity index (χ1n) is 9.61. The maximum Gasteiger partial charge on any atom is 0.309 e. The molecule has 1 saturated heterocycles. The molecule has 1 aromatic heterocycles. The summed E-state index contributed by atoms with van der Waals surface area (Å²) in [5.41, 5.74) is 0.444. The van der Waals surface area contributed by atoms with Crippen molar-refractivity contribution in [3.05, 3.63) is 70.4 Å². The van der Waals surface area contributed by atoms with Gasteiger partial charge < -0.3 is 9.64 Å². The van der Waals surface area contributed by atoms with Crippen LogP contribution in [-0.4, -0.2) is 41.0 Å². The molecule has 1 amide bonds. The third-order valence-corrected chi connectivity index (χ3v) is 4.88. The molecule has 0 unspecified atom stereocenters. The van der Waals surface area contributed by atoms with E-state index in [1.165, 1.54) is 29.0 Å². The zero-order valence-electron chi connectivity index (χ0n) is 16.2. The van der Waals surface area contributed by atoms with Gasteiger partial charge >= 0.3 is 5.97 Å². The smallest absolute Gasteiger partial charge is 0.309 e. The Morgan fingerprint density at radius 1 is 1.14 bits per heavy atom. The third kappa shape index (κ3) is 4.99. The van der Waals surface area contributed by atoms with E-state index in [1.54, 1.807) is 42.2 Å². The Labute approximate surface area is 168 Å². The lowest BCUT2D eigenvalue weighted by molar-refractivity contribution is -0.150. The van der Waals surface area contributed by atoms with Crippen LogP contribution in [0.2, 0.25) is 0 Å². The van der Waals surface area contributed by atoms with Crippen molar-refractivity contribution in [3.8, 4) is 0 Å². The summed E-state index contributed by atoms with van der Waals surface area (Å²) in [4.78, 5) is 39.1. The number of carbonyl (C=O) groups is 2. The van der Waals surface area contributed by atoms with Crippen molar-refractivity contribution in [3.63, 3.8) is 0 Å². The SMILES string of the molecule is CCOC(=O)C1CCN(C(=O)C(=Cc2ccc(F)cc2)n2ccccc2=O)CC1. The fraction of sp³-hybridized carbons (Fsp3) is 0.318. The second-order valence-corrected chi connectivity index (χ2v) is 6.81. The van der Waals surface area contributed by atoms with Gasteiger partial charge in [0.15, 0.2) is 0 Å². The van der Waals surface area contributed by atoms with Crippen LogP contribution in [-0.2, 0) is 14.3 Å². The summed E-state index contributed by atoms with van der Waals surface area (Å²) < 4.78 is 19.6. The maximum absolute atomic E-state index is 13.2. The predicted octanol–water partition coefficient (Wildman–Crippen LogP) is 2.79. The van der Waals surface area contributed by atoms with Crippen molar-refractivity contribution in [2.24, 2.45) is 5.92 Å². The average Bonchev–Trinajstić information content (AvgIpc) is 2.74. The van der Waals surface area contributed by atoms with Gasteiger partial charge in [-0.1, -0.05) is 18.2 Å². The van der Waals surface area contributed by atoms with Crippen molar-refractivity contribution in [1.82, 2.24) is 9.47 Å². The lowest BCUT2D eigenvalue weighted by atomic mass is 9.96. The first kappa shape index (κ1) is 20.5. The summed E-state index contributed by atoms with van der Waals surface area (Å²) in [5.74, 6) is -1.15. The van der Waals surface area contributed by atoms with E-state index in [-0.39, 0.29) is 34.9 Å². The molecule has 1 aliphatic rings. The van der Waals surface area contributed by atoms with Crippen molar-refractivity contribution < 1.29 is 18.7 Å². The van der Waals surface area contributed by atoms with E-state index >= 15 is 0 Å². The number of halogens is 1. The maximum atomic E-state index is 13.2. The summed E-state index contributed by atoms with van der Waals surface area (Å²) in [6.07, 6.45) is 4.12. The Morgan fingerprint density at radius 2 is 1.83 bits per heavy atom. The highest BCUT2D eigenvalue weighted by molar-refractivity contribution is 6.18. The van der Waals surface area contributed by atoms with Crippen LogP contribution in [0.15, 0.2) is 53.5 Å². The zero-order valence-corrected chi connectivity index (χ0v) is 16.2. The van der Waals surface area contributed by atoms with Gasteiger partial charge in [-0.2, -0.15) is 0 Å². The summed E-state index contributed by atoms with van der Waals surface area (Å²) >= 11 is 0. The molecule has 7 heteroatoms. The van der Waals surface area contributed by atoms with Crippen LogP contribution >= 0.6 is 0 Å². The molecule has 0 bridgehead atoms. The van der Waals surface area contributed by atoms with Gasteiger partial charge in [-0.3, -0.25) is 19.0 Å². The number of piperidine rings is 1. The number of esters is 1. The second kappa shape index (κ2) is 9.32. The summed E-state index contributed by atoms with van der Waals surface area (Å²) in [6.45, 7) is 2.88. The number of benzene rings is 1. The highest BCUT2D eigenvalue weighted by Gasteiger charge is 2.30. The highest BCUT2D eigenvalue weighted by atomic mass is 19.1. The van der Waals surface area contributed by atoms with Gasteiger partial charge in [-0.05, 0) is 49.6 Å². The molecule has 2 aromatic rings. The van der Waals surface area contributed by atoms with Gasteiger partial charge in [0.1, 0.15) is 11.5 Å². The Morgan fingerprint density at radius 3 is 2.45 bits per heavy atom. The van der Waals surface area contributed by atoms with E-state index in [2.05, 4.69) is 0 Å². The van der Waals surface area contributed by atoms with Crippen LogP contribution in [0, 0.1) is 11.7 Å². The first-order valence-corrected chi connectivity index (χ1v) is 9.61. The Hall–Kier alpha value is -3.22. The van der Waals surface area contributed by atoms with E-state index in [9.17, 15) is 18.8 Å². The van der Waals surface area contributed by atoms with Gasteiger partial charge in [-0.25, -0.2) is 4.39 Å². The number of rotatable bonds is 5. The highest BCUT2D eigenvalue weighted by Crippen LogP contribution is 2.22. The zero-order chi connectivity index (χ0) is 20.8. The average molecular weight is 398 g/mol. The first-order chi connectivity index (χ1) is 14.0. The summed E-state index contributed by atoms with van der Waals surface area (Å²) in [6, 6.07) is 10.3. The molecular weight excluding hydrogens is 375 g/mol. The molecule has 1 fully saturated rings. The molecule has 0 atom stereocenters. The Bertz CT molecular complexity index is 957. The third-order valence-electron chi connectivity index (χ3n) is 4.88. The number of carbonyl (C=O) groups excluding carboxylic acids is 2. The van der Waals surface area contributed by atoms with Crippen molar-refractivity contribution >= 4 is 23.6 Å². The van der Waals surface area contributed by atoms with Gasteiger partial charge in [0.25, 0.3) is 11.5 Å². The lowest BCUT2D eigenvalue weighted by Crippen LogP contribution is -2.42. The quantitative estimate of drug-likeness (QED) is 0.574. The number of ether oxygens (including phenoxy) is 1. The second-order valence-electron chi connectivity index (χ2n) is 6.81. The van der Waals surface area contributed by atoms with Crippen LogP contribution in [0.5, 0.6) is 0 Å². The van der Waals surface area contributed by atoms with E-state index in [1.807, 2.05) is 0 Å². The molecule has 6 nitrogen and oxygen atoms in total. The van der Waals surface area contributed by atoms with Gasteiger partial charge in [-0.15, -0.1) is 0 Å². The molecule has 2 heterocycles. The molecule has 3 rings (SSSR count). The van der Waals surface area contributed by atoms with Crippen LogP contribution < -0.4 is 5.56 Å². The van der Waals surface area contributed by atoms with Crippen LogP contribution in [0.25, 0.3) is 11.8 Å². The summed E-state index contributed by atoms with van der Waals surface area (Å²) in [7, 11) is 0. The molecule has 29 heavy (non-hydrogen) atoms. The summed E-state index contributed by atoms with van der Waals surface area (Å²) in [5, 5.41) is 0. The number of likely N-dealkylation sites (tertiary alicyclic amines) is 1. The monoisotopic (exact) mass is 398 g/mol. The van der Waals surface area contributed by atoms with Crippen LogP contribution in [0.1, 0.15) is 25.3 Å². The molecule has 1 aromatic carbocycles. The fourth-order valence-electron chi connectivity index (χ4n) is 3.32. The molecule has 0 N–H and O–H groups in total. The molecule has 0 spiro atoms. The van der Waals surface area contributed by atoms with Gasteiger partial charge in [0.05, 0.1) is 12.5 Å². The van der Waals surface area contributed by atoms with Gasteiger partial charge in [0, 0.05) is 25.4 Å². The van der Waals surface area contributed by atoms with Crippen LogP contribution in [0.3, 0.4) is 0 Å². The number of amides is 1. The van der Waals surface area contributed by atoms with Crippen molar-refractivity contribution in [1.29, 1.82) is 0 Å². The largest absolute Gasteiger partial charge is 0.466 e. The predicted molar refractivity (Wildman–Crippen MR) is 107 cm³/mol. The normalized spacial score (nSPS) is 15.2. The van der Waals surface area contributed by atoms with E-state index < -0.39 is 0 Å². The molecule has 0 aliphatic carbocycles. The van der Waals surface area contributed by atoms with Crippen molar-refractivity contribution in [2.75, 3.05) is 19.7 Å². The molecule has 0 saturated carbocycles. The Kier molecular flexibility index (Phi) is 6.59. The number of hydrogen-bond donors (Lipinski definition) is 0. The minimum atomic E-state index is -0.382. The molecule has 152 valence electrons. The van der Waals surface area contributed by atoms with E-state index in [0.717, 1.165) is 0 Å². The number of hydrogen-bond acceptors (Lipinski definition) is 4. The van der Waals surface area contributed by atoms with Crippen molar-refractivity contribution in [2.45, 2.75) is 19.8 Å². The number of aromatic nitrogens is 1. The van der Waals surface area contributed by atoms with E-state index in [4.69, 9.17) is 4.74 Å². The molecule has 0 radical (unpaired) electrons. The fourth-order valence-corrected chi connectivity index (χ4v) is 3.32. The van der Waals surface area contributed by atoms with E-state index in [0.29, 0.717) is 38.1 Å². The van der Waals surface area contributed by atoms with Crippen LogP contribution in [0.4, 0.5) is 4.39 Å². The minimum Gasteiger partial charge on any atom is -0.466 e. The molecule has 1 aliphatic heterocycles. The molecular formula is C22H23FN2O4. The minimum absolute atomic E-state index is 0.178. The topological polar surface area (TPSA) is 68.6 Å². The number of nitrogens with zero attached hydrogens (tertiary/aromatic N) is 2. The Balaban J connectivity index is 1.86. The van der Waals surface area contributed by atoms with Gasteiger partial charge in [0.2, 0.25) is 0 Å². The lowest BCUT2D eigenvalue weighted by Gasteiger charge is -2.31.